The van der Waals surface area contributed by atoms with Gasteiger partial charge in [-0.1, -0.05) is 12.1 Å². The fourth-order valence-electron chi connectivity index (χ4n) is 1.01. The molecule has 72 valence electrons. The standard InChI is InChI=1S/C9H11IO3/c10-7-3-1-2-6(4-7)9(13)8(12)5-11/h1-4,8-9,11-13H,5H2. The zero-order chi connectivity index (χ0) is 9.84. The minimum absolute atomic E-state index is 0.438. The third-order valence-electron chi connectivity index (χ3n) is 1.74. The highest BCUT2D eigenvalue weighted by Crippen LogP contribution is 2.18. The van der Waals surface area contributed by atoms with E-state index < -0.39 is 18.8 Å². The summed E-state index contributed by atoms with van der Waals surface area (Å²) in [6.07, 6.45) is -2.13. The summed E-state index contributed by atoms with van der Waals surface area (Å²) in [5.41, 5.74) is 0.619. The van der Waals surface area contributed by atoms with Crippen LogP contribution in [0.5, 0.6) is 0 Å². The van der Waals surface area contributed by atoms with Crippen molar-refractivity contribution in [1.29, 1.82) is 0 Å². The van der Waals surface area contributed by atoms with E-state index in [0.29, 0.717) is 5.56 Å². The molecule has 3 N–H and O–H groups in total. The fraction of sp³-hybridized carbons (Fsp3) is 0.333. The molecule has 0 spiro atoms. The van der Waals surface area contributed by atoms with Gasteiger partial charge in [0.05, 0.1) is 6.61 Å². The first-order valence-electron chi connectivity index (χ1n) is 3.87. The number of benzene rings is 1. The van der Waals surface area contributed by atoms with E-state index >= 15 is 0 Å². The van der Waals surface area contributed by atoms with Crippen molar-refractivity contribution in [2.24, 2.45) is 0 Å². The molecular formula is C9H11IO3. The van der Waals surface area contributed by atoms with Crippen molar-refractivity contribution in [3.63, 3.8) is 0 Å². The van der Waals surface area contributed by atoms with Gasteiger partial charge in [-0.3, -0.25) is 0 Å². The van der Waals surface area contributed by atoms with E-state index in [-0.39, 0.29) is 0 Å². The molecule has 0 amide bonds. The molecule has 1 aromatic rings. The number of aliphatic hydroxyl groups is 3. The van der Waals surface area contributed by atoms with E-state index in [4.69, 9.17) is 10.2 Å². The summed E-state index contributed by atoms with van der Waals surface area (Å²) in [7, 11) is 0. The summed E-state index contributed by atoms with van der Waals surface area (Å²) < 4.78 is 0.985. The number of halogens is 1. The highest BCUT2D eigenvalue weighted by Gasteiger charge is 2.16. The van der Waals surface area contributed by atoms with Crippen LogP contribution in [0.3, 0.4) is 0 Å². The van der Waals surface area contributed by atoms with Crippen LogP contribution >= 0.6 is 22.6 Å². The molecule has 0 saturated heterocycles. The van der Waals surface area contributed by atoms with Gasteiger partial charge in [-0.15, -0.1) is 0 Å². The van der Waals surface area contributed by atoms with Crippen LogP contribution in [0.1, 0.15) is 11.7 Å². The number of rotatable bonds is 3. The lowest BCUT2D eigenvalue weighted by Gasteiger charge is -2.15. The number of hydrogen-bond donors (Lipinski definition) is 3. The molecule has 13 heavy (non-hydrogen) atoms. The Morgan fingerprint density at radius 3 is 2.54 bits per heavy atom. The lowest BCUT2D eigenvalue weighted by Crippen LogP contribution is -2.21. The summed E-state index contributed by atoms with van der Waals surface area (Å²) in [4.78, 5) is 0. The maximum Gasteiger partial charge on any atom is 0.107 e. The largest absolute Gasteiger partial charge is 0.394 e. The van der Waals surface area contributed by atoms with Gasteiger partial charge in [-0.05, 0) is 40.3 Å². The molecule has 2 unspecified atom stereocenters. The third-order valence-corrected chi connectivity index (χ3v) is 2.41. The maximum atomic E-state index is 9.50. The van der Waals surface area contributed by atoms with Gasteiger partial charge in [0.2, 0.25) is 0 Å². The van der Waals surface area contributed by atoms with Crippen LogP contribution in [-0.4, -0.2) is 28.0 Å². The van der Waals surface area contributed by atoms with Gasteiger partial charge < -0.3 is 15.3 Å². The van der Waals surface area contributed by atoms with Crippen molar-refractivity contribution in [3.05, 3.63) is 33.4 Å². The Morgan fingerprint density at radius 2 is 2.00 bits per heavy atom. The van der Waals surface area contributed by atoms with Gasteiger partial charge in [0, 0.05) is 3.57 Å². The van der Waals surface area contributed by atoms with Crippen molar-refractivity contribution in [2.75, 3.05) is 6.61 Å². The van der Waals surface area contributed by atoms with E-state index in [0.717, 1.165) is 3.57 Å². The molecule has 0 fully saturated rings. The van der Waals surface area contributed by atoms with E-state index in [1.807, 2.05) is 6.07 Å². The Labute approximate surface area is 90.2 Å². The minimum Gasteiger partial charge on any atom is -0.394 e. The Morgan fingerprint density at radius 1 is 1.31 bits per heavy atom. The molecule has 0 heterocycles. The maximum absolute atomic E-state index is 9.50. The first-order chi connectivity index (χ1) is 6.15. The molecule has 0 saturated carbocycles. The van der Waals surface area contributed by atoms with Crippen molar-refractivity contribution >= 4 is 22.6 Å². The molecule has 2 atom stereocenters. The van der Waals surface area contributed by atoms with Gasteiger partial charge in [0.15, 0.2) is 0 Å². The van der Waals surface area contributed by atoms with E-state index in [1.165, 1.54) is 0 Å². The van der Waals surface area contributed by atoms with Gasteiger partial charge in [-0.2, -0.15) is 0 Å². The topological polar surface area (TPSA) is 60.7 Å². The van der Waals surface area contributed by atoms with Crippen LogP contribution < -0.4 is 0 Å². The molecule has 0 aliphatic rings. The van der Waals surface area contributed by atoms with Crippen molar-refractivity contribution < 1.29 is 15.3 Å². The van der Waals surface area contributed by atoms with E-state index in [2.05, 4.69) is 22.6 Å². The summed E-state index contributed by atoms with van der Waals surface area (Å²) in [6, 6.07) is 7.17. The SMILES string of the molecule is OCC(O)C(O)c1cccc(I)c1. The van der Waals surface area contributed by atoms with Gasteiger partial charge in [-0.25, -0.2) is 0 Å². The third kappa shape index (κ3) is 2.91. The predicted octanol–water partition coefficient (Wildman–Crippen LogP) is 0.678. The summed E-state index contributed by atoms with van der Waals surface area (Å²) in [6.45, 7) is -0.438. The second-order valence-corrected chi connectivity index (χ2v) is 4.00. The molecule has 1 aromatic carbocycles. The molecule has 0 aliphatic heterocycles. The monoisotopic (exact) mass is 294 g/mol. The second-order valence-electron chi connectivity index (χ2n) is 2.75. The van der Waals surface area contributed by atoms with Crippen LogP contribution in [0.25, 0.3) is 0 Å². The first-order valence-corrected chi connectivity index (χ1v) is 4.95. The van der Waals surface area contributed by atoms with Gasteiger partial charge in [0.25, 0.3) is 0 Å². The summed E-state index contributed by atoms with van der Waals surface area (Å²) in [5, 5.41) is 27.3. The second kappa shape index (κ2) is 4.90. The van der Waals surface area contributed by atoms with Crippen LogP contribution in [0.2, 0.25) is 0 Å². The Balaban J connectivity index is 2.82. The predicted molar refractivity (Wildman–Crippen MR) is 57.2 cm³/mol. The lowest BCUT2D eigenvalue weighted by atomic mass is 10.1. The Hall–Kier alpha value is -0.170. The lowest BCUT2D eigenvalue weighted by molar-refractivity contribution is -0.0152. The molecule has 0 aliphatic carbocycles. The first kappa shape index (κ1) is 10.9. The molecule has 0 aromatic heterocycles. The molecular weight excluding hydrogens is 283 g/mol. The molecule has 1 rings (SSSR count). The quantitative estimate of drug-likeness (QED) is 0.718. The highest BCUT2D eigenvalue weighted by molar-refractivity contribution is 14.1. The zero-order valence-electron chi connectivity index (χ0n) is 6.89. The zero-order valence-corrected chi connectivity index (χ0v) is 9.05. The minimum atomic E-state index is -1.11. The summed E-state index contributed by atoms with van der Waals surface area (Å²) >= 11 is 2.12. The molecule has 3 nitrogen and oxygen atoms in total. The van der Waals surface area contributed by atoms with Crippen molar-refractivity contribution in [1.82, 2.24) is 0 Å². The van der Waals surface area contributed by atoms with Crippen molar-refractivity contribution in [2.45, 2.75) is 12.2 Å². The van der Waals surface area contributed by atoms with Crippen LogP contribution in [0.4, 0.5) is 0 Å². The number of hydrogen-bond acceptors (Lipinski definition) is 3. The fourth-order valence-corrected chi connectivity index (χ4v) is 1.58. The van der Waals surface area contributed by atoms with Gasteiger partial charge in [0.1, 0.15) is 12.2 Å². The van der Waals surface area contributed by atoms with Crippen LogP contribution in [0.15, 0.2) is 24.3 Å². The Kier molecular flexibility index (Phi) is 4.11. The summed E-state index contributed by atoms with van der Waals surface area (Å²) in [5.74, 6) is 0. The highest BCUT2D eigenvalue weighted by atomic mass is 127. The van der Waals surface area contributed by atoms with Crippen molar-refractivity contribution in [3.8, 4) is 0 Å². The van der Waals surface area contributed by atoms with E-state index in [1.54, 1.807) is 18.2 Å². The average Bonchev–Trinajstić information content (AvgIpc) is 2.15. The molecule has 0 bridgehead atoms. The number of aliphatic hydroxyl groups excluding tert-OH is 3. The van der Waals surface area contributed by atoms with Crippen LogP contribution in [0, 0.1) is 3.57 Å². The normalized spacial score (nSPS) is 15.4. The molecule has 0 radical (unpaired) electrons. The van der Waals surface area contributed by atoms with Crippen LogP contribution in [-0.2, 0) is 0 Å². The van der Waals surface area contributed by atoms with Gasteiger partial charge >= 0.3 is 0 Å². The smallest absolute Gasteiger partial charge is 0.107 e. The average molecular weight is 294 g/mol. The van der Waals surface area contributed by atoms with E-state index in [9.17, 15) is 5.11 Å². The molecule has 4 heteroatoms. The Bertz CT molecular complexity index is 277.